The number of carbonyl (C=O) groups excluding carboxylic acids is 2. The predicted octanol–water partition coefficient (Wildman–Crippen LogP) is 2.29. The third-order valence-corrected chi connectivity index (χ3v) is 4.25. The van der Waals surface area contributed by atoms with Crippen molar-refractivity contribution >= 4 is 17.7 Å². The van der Waals surface area contributed by atoms with Gasteiger partial charge in [-0.25, -0.2) is 4.79 Å². The van der Waals surface area contributed by atoms with E-state index < -0.39 is 52.2 Å². The maximum Gasteiger partial charge on any atom is 0.437 e. The van der Waals surface area contributed by atoms with Crippen LogP contribution in [0.2, 0.25) is 0 Å². The fraction of sp³-hybridized carbons (Fsp3) is 0.250. The highest BCUT2D eigenvalue weighted by atomic mass is 19.4. The summed E-state index contributed by atoms with van der Waals surface area (Å²) in [5, 5.41) is 24.5. The Labute approximate surface area is 154 Å². The molecule has 0 radical (unpaired) electrons. The number of nitrogens with zero attached hydrogens (tertiary/aromatic N) is 1. The summed E-state index contributed by atoms with van der Waals surface area (Å²) in [6.45, 7) is 0. The summed E-state index contributed by atoms with van der Waals surface area (Å²) >= 11 is 0. The SMILES string of the molecule is O=C1N[C@@H](c2ccc([N+](=O)[O-])o2)[C@@H](C(=O)c2ccccc2)[C@](O)(C(F)(F)F)N1. The minimum atomic E-state index is -5.43. The van der Waals surface area contributed by atoms with Crippen molar-refractivity contribution in [1.82, 2.24) is 10.6 Å². The smallest absolute Gasteiger partial charge is 0.404 e. The van der Waals surface area contributed by atoms with Gasteiger partial charge in [-0.05, 0) is 6.07 Å². The molecule has 1 aromatic heterocycles. The normalized spacial score (nSPS) is 24.9. The van der Waals surface area contributed by atoms with Crippen molar-refractivity contribution < 1.29 is 37.2 Å². The molecule has 0 saturated carbocycles. The number of benzene rings is 1. The molecule has 148 valence electrons. The topological polar surface area (TPSA) is 135 Å². The standard InChI is InChI=1S/C16H12F3N3O6/c17-16(18,19)15(25)11(13(23)8-4-2-1-3-5-8)12(20-14(24)21-15)9-6-7-10(28-9)22(26)27/h1-7,11-12,25H,(H2,20,21,24)/t11-,12-,15-/m0/s1. The van der Waals surface area contributed by atoms with Crippen LogP contribution in [0.3, 0.4) is 0 Å². The van der Waals surface area contributed by atoms with Crippen molar-refractivity contribution in [2.24, 2.45) is 5.92 Å². The fourth-order valence-corrected chi connectivity index (χ4v) is 2.97. The van der Waals surface area contributed by atoms with Crippen molar-refractivity contribution in [3.8, 4) is 0 Å². The molecule has 28 heavy (non-hydrogen) atoms. The predicted molar refractivity (Wildman–Crippen MR) is 85.0 cm³/mol. The number of hydrogen-bond donors (Lipinski definition) is 3. The van der Waals surface area contributed by atoms with Gasteiger partial charge in [-0.15, -0.1) is 0 Å². The summed E-state index contributed by atoms with van der Waals surface area (Å²) in [6, 6.07) is 5.37. The van der Waals surface area contributed by atoms with Crippen LogP contribution in [-0.2, 0) is 0 Å². The number of furan rings is 1. The van der Waals surface area contributed by atoms with Gasteiger partial charge in [-0.3, -0.25) is 14.9 Å². The van der Waals surface area contributed by atoms with E-state index in [0.29, 0.717) is 0 Å². The lowest BCUT2D eigenvalue weighted by atomic mass is 9.79. The van der Waals surface area contributed by atoms with Gasteiger partial charge in [0.05, 0.1) is 6.07 Å². The number of hydrogen-bond acceptors (Lipinski definition) is 6. The van der Waals surface area contributed by atoms with Crippen LogP contribution in [0.15, 0.2) is 46.9 Å². The number of amides is 2. The summed E-state index contributed by atoms with van der Waals surface area (Å²) in [7, 11) is 0. The molecular formula is C16H12F3N3O6. The third kappa shape index (κ3) is 3.17. The summed E-state index contributed by atoms with van der Waals surface area (Å²) in [5.74, 6) is -4.77. The molecular weight excluding hydrogens is 387 g/mol. The van der Waals surface area contributed by atoms with E-state index in [-0.39, 0.29) is 5.56 Å². The molecule has 1 aliphatic rings. The Balaban J connectivity index is 2.15. The van der Waals surface area contributed by atoms with Gasteiger partial charge in [0.15, 0.2) is 5.78 Å². The Morgan fingerprint density at radius 3 is 2.39 bits per heavy atom. The van der Waals surface area contributed by atoms with Gasteiger partial charge in [-0.2, -0.15) is 13.2 Å². The van der Waals surface area contributed by atoms with Crippen molar-refractivity contribution in [3.63, 3.8) is 0 Å². The number of aliphatic hydroxyl groups is 1. The number of nitro groups is 1. The Morgan fingerprint density at radius 2 is 1.86 bits per heavy atom. The van der Waals surface area contributed by atoms with Crippen LogP contribution < -0.4 is 10.6 Å². The first-order valence-corrected chi connectivity index (χ1v) is 7.76. The van der Waals surface area contributed by atoms with Crippen molar-refractivity contribution in [3.05, 3.63) is 63.9 Å². The Morgan fingerprint density at radius 1 is 1.21 bits per heavy atom. The molecule has 1 saturated heterocycles. The van der Waals surface area contributed by atoms with E-state index in [2.05, 4.69) is 5.32 Å². The fourth-order valence-electron chi connectivity index (χ4n) is 2.97. The zero-order valence-electron chi connectivity index (χ0n) is 13.8. The molecule has 0 spiro atoms. The van der Waals surface area contributed by atoms with Crippen LogP contribution in [0, 0.1) is 16.0 Å². The Hall–Kier alpha value is -3.41. The number of halogens is 3. The van der Waals surface area contributed by atoms with Crippen molar-refractivity contribution in [1.29, 1.82) is 0 Å². The van der Waals surface area contributed by atoms with Crippen LogP contribution in [0.4, 0.5) is 23.8 Å². The van der Waals surface area contributed by atoms with E-state index in [9.17, 15) is 38.0 Å². The lowest BCUT2D eigenvalue weighted by Gasteiger charge is -2.44. The molecule has 3 rings (SSSR count). The number of urea groups is 1. The van der Waals surface area contributed by atoms with E-state index in [4.69, 9.17) is 4.42 Å². The molecule has 3 N–H and O–H groups in total. The average molecular weight is 399 g/mol. The van der Waals surface area contributed by atoms with Gasteiger partial charge < -0.3 is 20.2 Å². The van der Waals surface area contributed by atoms with E-state index in [1.165, 1.54) is 35.6 Å². The Bertz CT molecular complexity index is 929. The number of carbonyl (C=O) groups is 2. The quantitative estimate of drug-likeness (QED) is 0.410. The second kappa shape index (κ2) is 6.64. The summed E-state index contributed by atoms with van der Waals surface area (Å²) in [5.41, 5.74) is -4.10. The number of rotatable bonds is 4. The summed E-state index contributed by atoms with van der Waals surface area (Å²) in [4.78, 5) is 34.5. The molecule has 1 aliphatic heterocycles. The monoisotopic (exact) mass is 399 g/mol. The van der Waals surface area contributed by atoms with Crippen LogP contribution in [-0.4, -0.2) is 33.7 Å². The first kappa shape index (κ1) is 19.4. The van der Waals surface area contributed by atoms with Gasteiger partial charge in [0.1, 0.15) is 22.6 Å². The lowest BCUT2D eigenvalue weighted by Crippen LogP contribution is -2.72. The summed E-state index contributed by atoms with van der Waals surface area (Å²) < 4.78 is 45.9. The molecule has 3 atom stereocenters. The molecule has 2 heterocycles. The first-order valence-electron chi connectivity index (χ1n) is 7.76. The van der Waals surface area contributed by atoms with Crippen molar-refractivity contribution in [2.45, 2.75) is 17.9 Å². The summed E-state index contributed by atoms with van der Waals surface area (Å²) in [6.07, 6.45) is -5.43. The molecule has 0 aliphatic carbocycles. The van der Waals surface area contributed by atoms with Gasteiger partial charge in [0.25, 0.3) is 0 Å². The largest absolute Gasteiger partial charge is 0.437 e. The maximum atomic E-state index is 13.7. The molecule has 12 heteroatoms. The van der Waals surface area contributed by atoms with Gasteiger partial charge in [-0.1, -0.05) is 30.3 Å². The minimum absolute atomic E-state index is 0.167. The van der Waals surface area contributed by atoms with E-state index in [0.717, 1.165) is 12.1 Å². The highest BCUT2D eigenvalue weighted by Crippen LogP contribution is 2.44. The van der Waals surface area contributed by atoms with E-state index >= 15 is 0 Å². The van der Waals surface area contributed by atoms with E-state index in [1.54, 1.807) is 0 Å². The second-order valence-corrected chi connectivity index (χ2v) is 5.98. The minimum Gasteiger partial charge on any atom is -0.404 e. The van der Waals surface area contributed by atoms with Gasteiger partial charge >= 0.3 is 18.1 Å². The van der Waals surface area contributed by atoms with Crippen LogP contribution >= 0.6 is 0 Å². The molecule has 0 bridgehead atoms. The second-order valence-electron chi connectivity index (χ2n) is 5.98. The van der Waals surface area contributed by atoms with E-state index in [1.807, 2.05) is 0 Å². The number of nitrogens with one attached hydrogen (secondary N) is 2. The zero-order valence-corrected chi connectivity index (χ0v) is 13.8. The highest BCUT2D eigenvalue weighted by Gasteiger charge is 2.67. The van der Waals surface area contributed by atoms with Crippen molar-refractivity contribution in [2.75, 3.05) is 0 Å². The highest BCUT2D eigenvalue weighted by molar-refractivity contribution is 6.00. The number of alkyl halides is 3. The molecule has 1 aromatic carbocycles. The lowest BCUT2D eigenvalue weighted by molar-refractivity contribution is -0.402. The zero-order chi connectivity index (χ0) is 20.7. The van der Waals surface area contributed by atoms with Gasteiger partial charge in [0, 0.05) is 5.56 Å². The Kier molecular flexibility index (Phi) is 4.59. The average Bonchev–Trinajstić information content (AvgIpc) is 3.11. The van der Waals surface area contributed by atoms with Crippen LogP contribution in [0.5, 0.6) is 0 Å². The third-order valence-electron chi connectivity index (χ3n) is 4.25. The molecule has 2 amide bonds. The molecule has 0 unspecified atom stereocenters. The first-order chi connectivity index (χ1) is 13.0. The molecule has 2 aromatic rings. The maximum absolute atomic E-state index is 13.7. The molecule has 1 fully saturated rings. The van der Waals surface area contributed by atoms with Gasteiger partial charge in [0.2, 0.25) is 5.72 Å². The number of ketones is 1. The van der Waals surface area contributed by atoms with Crippen LogP contribution in [0.1, 0.15) is 22.2 Å². The molecule has 9 nitrogen and oxygen atoms in total. The van der Waals surface area contributed by atoms with Crippen LogP contribution in [0.25, 0.3) is 0 Å². The number of Topliss-reactive ketones (excluding diaryl/α,β-unsaturated/α-hetero) is 1.